The Balaban J connectivity index is 2.42. The second-order valence-corrected chi connectivity index (χ2v) is 4.21. The number of hydrogen-bond donors (Lipinski definition) is 2. The average Bonchev–Trinajstić information content (AvgIpc) is 2.85. The van der Waals surface area contributed by atoms with Crippen molar-refractivity contribution in [3.05, 3.63) is 42.0 Å². The lowest BCUT2D eigenvalue weighted by Gasteiger charge is -2.16. The van der Waals surface area contributed by atoms with Gasteiger partial charge in [-0.2, -0.15) is 0 Å². The number of hydrogen-bond acceptors (Lipinski definition) is 5. The van der Waals surface area contributed by atoms with Crippen LogP contribution in [0, 0.1) is 0 Å². The number of hydrazine groups is 1. The first-order valence-electron chi connectivity index (χ1n) is 5.85. The number of nitrogens with two attached hydrogens (primary N) is 1. The summed E-state index contributed by atoms with van der Waals surface area (Å²) in [5.74, 6) is 7.08. The van der Waals surface area contributed by atoms with Crippen LogP contribution >= 0.6 is 0 Å². The van der Waals surface area contributed by atoms with Crippen LogP contribution in [0.1, 0.15) is 17.3 Å². The molecule has 19 heavy (non-hydrogen) atoms. The molecular formula is C13H18N4O2. The van der Waals surface area contributed by atoms with E-state index in [4.69, 9.17) is 15.3 Å². The molecule has 0 saturated heterocycles. The van der Waals surface area contributed by atoms with E-state index in [1.807, 2.05) is 36.0 Å². The summed E-state index contributed by atoms with van der Waals surface area (Å²) in [5, 5.41) is 0. The highest BCUT2D eigenvalue weighted by molar-refractivity contribution is 5.41. The van der Waals surface area contributed by atoms with E-state index in [2.05, 4.69) is 10.4 Å². The predicted molar refractivity (Wildman–Crippen MR) is 71.9 cm³/mol. The lowest BCUT2D eigenvalue weighted by molar-refractivity contribution is 0.392. The highest BCUT2D eigenvalue weighted by Crippen LogP contribution is 2.28. The molecule has 1 aromatic carbocycles. The predicted octanol–water partition coefficient (Wildman–Crippen LogP) is 0.990. The summed E-state index contributed by atoms with van der Waals surface area (Å²) in [4.78, 5) is 4.31. The molecule has 1 aromatic heterocycles. The van der Waals surface area contributed by atoms with Gasteiger partial charge < -0.3 is 14.0 Å². The minimum atomic E-state index is -0.217. The summed E-state index contributed by atoms with van der Waals surface area (Å²) in [5.41, 5.74) is 4.53. The fraction of sp³-hybridized carbons (Fsp3) is 0.308. The molecule has 1 unspecified atom stereocenters. The van der Waals surface area contributed by atoms with E-state index in [0.29, 0.717) is 11.5 Å². The van der Waals surface area contributed by atoms with Gasteiger partial charge in [0.05, 0.1) is 32.3 Å². The molecule has 6 nitrogen and oxygen atoms in total. The van der Waals surface area contributed by atoms with E-state index in [-0.39, 0.29) is 6.04 Å². The third kappa shape index (κ3) is 2.86. The molecule has 0 spiro atoms. The fourth-order valence-corrected chi connectivity index (χ4v) is 1.93. The van der Waals surface area contributed by atoms with Crippen LogP contribution in [-0.4, -0.2) is 23.8 Å². The van der Waals surface area contributed by atoms with Crippen LogP contribution in [0.5, 0.6) is 11.5 Å². The fourth-order valence-electron chi connectivity index (χ4n) is 1.93. The van der Waals surface area contributed by atoms with Crippen molar-refractivity contribution in [2.45, 2.75) is 6.04 Å². The molecule has 1 heterocycles. The highest BCUT2D eigenvalue weighted by atomic mass is 16.5. The molecule has 0 fully saturated rings. The number of nitrogens with one attached hydrogen (secondary N) is 1. The topological polar surface area (TPSA) is 74.3 Å². The molecule has 3 N–H and O–H groups in total. The molecule has 6 heteroatoms. The molecule has 2 aromatic rings. The minimum absolute atomic E-state index is 0.217. The molecule has 0 aliphatic carbocycles. The number of imidazole rings is 1. The van der Waals surface area contributed by atoms with Gasteiger partial charge in [0.25, 0.3) is 0 Å². The first-order chi connectivity index (χ1) is 9.17. The van der Waals surface area contributed by atoms with Gasteiger partial charge in [-0.15, -0.1) is 0 Å². The highest BCUT2D eigenvalue weighted by Gasteiger charge is 2.17. The van der Waals surface area contributed by atoms with Gasteiger partial charge in [0.1, 0.15) is 11.5 Å². The van der Waals surface area contributed by atoms with Crippen molar-refractivity contribution >= 4 is 0 Å². The number of ether oxygens (including phenoxy) is 2. The summed E-state index contributed by atoms with van der Waals surface area (Å²) in [6.45, 7) is 0. The monoisotopic (exact) mass is 262 g/mol. The van der Waals surface area contributed by atoms with Gasteiger partial charge in [-0.3, -0.25) is 5.84 Å². The van der Waals surface area contributed by atoms with E-state index < -0.39 is 0 Å². The van der Waals surface area contributed by atoms with Crippen LogP contribution < -0.4 is 20.7 Å². The number of aryl methyl sites for hydroxylation is 1. The smallest absolute Gasteiger partial charge is 0.122 e. The normalized spacial score (nSPS) is 12.2. The van der Waals surface area contributed by atoms with Crippen LogP contribution in [0.2, 0.25) is 0 Å². The Morgan fingerprint density at radius 3 is 2.26 bits per heavy atom. The Kier molecular flexibility index (Phi) is 4.03. The second-order valence-electron chi connectivity index (χ2n) is 4.21. The van der Waals surface area contributed by atoms with Gasteiger partial charge in [0, 0.05) is 19.3 Å². The molecule has 0 aliphatic heterocycles. The second kappa shape index (κ2) is 5.73. The zero-order valence-electron chi connectivity index (χ0n) is 11.3. The van der Waals surface area contributed by atoms with Gasteiger partial charge in [-0.25, -0.2) is 10.4 Å². The van der Waals surface area contributed by atoms with Crippen molar-refractivity contribution in [3.8, 4) is 11.5 Å². The van der Waals surface area contributed by atoms with E-state index in [1.165, 1.54) is 0 Å². The maximum atomic E-state index is 5.65. The number of benzene rings is 1. The average molecular weight is 262 g/mol. The van der Waals surface area contributed by atoms with Gasteiger partial charge in [0.2, 0.25) is 0 Å². The molecule has 0 bridgehead atoms. The van der Waals surface area contributed by atoms with Gasteiger partial charge in [-0.1, -0.05) is 0 Å². The number of rotatable bonds is 5. The molecule has 2 rings (SSSR count). The van der Waals surface area contributed by atoms with Gasteiger partial charge >= 0.3 is 0 Å². The Hall–Kier alpha value is -2.05. The van der Waals surface area contributed by atoms with E-state index in [9.17, 15) is 0 Å². The summed E-state index contributed by atoms with van der Waals surface area (Å²) in [7, 11) is 5.14. The van der Waals surface area contributed by atoms with E-state index in [1.54, 1.807) is 20.5 Å². The molecule has 102 valence electrons. The van der Waals surface area contributed by atoms with Gasteiger partial charge in [-0.05, 0) is 17.7 Å². The van der Waals surface area contributed by atoms with Crippen molar-refractivity contribution in [2.24, 2.45) is 12.9 Å². The maximum Gasteiger partial charge on any atom is 0.122 e. The number of nitrogens with zero attached hydrogens (tertiary/aromatic N) is 2. The third-order valence-corrected chi connectivity index (χ3v) is 2.89. The zero-order chi connectivity index (χ0) is 13.8. The first-order valence-corrected chi connectivity index (χ1v) is 5.85. The SMILES string of the molecule is COc1cc(OC)cc(C(NN)c2cn(C)cn2)c1. The molecule has 1 atom stereocenters. The van der Waals surface area contributed by atoms with E-state index in [0.717, 1.165) is 11.3 Å². The standard InChI is InChI=1S/C13H18N4O2/c1-17-7-12(15-8-17)13(16-14)9-4-10(18-2)6-11(5-9)19-3/h4-8,13,16H,14H2,1-3H3. The lowest BCUT2D eigenvalue weighted by Crippen LogP contribution is -2.29. The maximum absolute atomic E-state index is 5.65. The summed E-state index contributed by atoms with van der Waals surface area (Å²) >= 11 is 0. The summed E-state index contributed by atoms with van der Waals surface area (Å²) in [6.07, 6.45) is 3.65. The Bertz CT molecular complexity index is 531. The van der Waals surface area contributed by atoms with Crippen molar-refractivity contribution in [1.29, 1.82) is 0 Å². The Morgan fingerprint density at radius 1 is 1.21 bits per heavy atom. The van der Waals surface area contributed by atoms with Crippen LogP contribution in [0.15, 0.2) is 30.7 Å². The van der Waals surface area contributed by atoms with Crippen molar-refractivity contribution in [1.82, 2.24) is 15.0 Å². The van der Waals surface area contributed by atoms with Crippen LogP contribution in [0.25, 0.3) is 0 Å². The minimum Gasteiger partial charge on any atom is -0.497 e. The largest absolute Gasteiger partial charge is 0.497 e. The third-order valence-electron chi connectivity index (χ3n) is 2.89. The Morgan fingerprint density at radius 2 is 1.84 bits per heavy atom. The molecule has 0 aliphatic rings. The van der Waals surface area contributed by atoms with Crippen LogP contribution in [0.3, 0.4) is 0 Å². The Labute approximate surface area is 112 Å². The van der Waals surface area contributed by atoms with Crippen LogP contribution in [0.4, 0.5) is 0 Å². The molecule has 0 saturated carbocycles. The summed E-state index contributed by atoms with van der Waals surface area (Å²) < 4.78 is 12.4. The quantitative estimate of drug-likeness (QED) is 0.621. The summed E-state index contributed by atoms with van der Waals surface area (Å²) in [6, 6.07) is 5.41. The van der Waals surface area contributed by atoms with Crippen LogP contribution in [-0.2, 0) is 7.05 Å². The lowest BCUT2D eigenvalue weighted by atomic mass is 10.0. The number of methoxy groups -OCH3 is 2. The zero-order valence-corrected chi connectivity index (χ0v) is 11.3. The first kappa shape index (κ1) is 13.4. The van der Waals surface area contributed by atoms with Crippen molar-refractivity contribution in [2.75, 3.05) is 14.2 Å². The number of aromatic nitrogens is 2. The molecule has 0 radical (unpaired) electrons. The molecular weight excluding hydrogens is 244 g/mol. The van der Waals surface area contributed by atoms with Crippen molar-refractivity contribution in [3.63, 3.8) is 0 Å². The molecule has 0 amide bonds. The van der Waals surface area contributed by atoms with E-state index >= 15 is 0 Å². The van der Waals surface area contributed by atoms with Gasteiger partial charge in [0.15, 0.2) is 0 Å². The van der Waals surface area contributed by atoms with Crippen molar-refractivity contribution < 1.29 is 9.47 Å².